The standard InChI is InChI=1S/C16H13F5N2O3S/c17-11-4-5-14(13(18)9-11)23-15(24)6-7-22-27(25,26)12-3-1-2-10(8-12)16(19,20)21/h1-5,8-9,22H,6-7H2,(H,23,24). The van der Waals surface area contributed by atoms with Crippen molar-refractivity contribution < 1.29 is 35.2 Å². The molecule has 0 aliphatic carbocycles. The molecule has 0 fully saturated rings. The van der Waals surface area contributed by atoms with Gasteiger partial charge in [-0.1, -0.05) is 6.07 Å². The molecule has 0 saturated heterocycles. The minimum Gasteiger partial charge on any atom is -0.324 e. The lowest BCUT2D eigenvalue weighted by Gasteiger charge is -2.10. The number of carbonyl (C=O) groups excluding carboxylic acids is 1. The van der Waals surface area contributed by atoms with Crippen LogP contribution in [0.15, 0.2) is 47.4 Å². The number of rotatable bonds is 6. The maximum atomic E-state index is 13.4. The number of nitrogens with one attached hydrogen (secondary N) is 2. The number of carbonyl (C=O) groups is 1. The SMILES string of the molecule is O=C(CCNS(=O)(=O)c1cccc(C(F)(F)F)c1)Nc1ccc(F)cc1F. The van der Waals surface area contributed by atoms with Gasteiger partial charge < -0.3 is 5.32 Å². The largest absolute Gasteiger partial charge is 0.416 e. The lowest BCUT2D eigenvalue weighted by Crippen LogP contribution is -2.28. The van der Waals surface area contributed by atoms with E-state index in [0.29, 0.717) is 12.1 Å². The van der Waals surface area contributed by atoms with E-state index in [2.05, 4.69) is 5.32 Å². The lowest BCUT2D eigenvalue weighted by atomic mass is 10.2. The summed E-state index contributed by atoms with van der Waals surface area (Å²) < 4.78 is 90.2. The molecule has 2 aromatic rings. The van der Waals surface area contributed by atoms with Crippen LogP contribution >= 0.6 is 0 Å². The van der Waals surface area contributed by atoms with E-state index in [1.165, 1.54) is 0 Å². The molecule has 0 radical (unpaired) electrons. The van der Waals surface area contributed by atoms with Crippen molar-refractivity contribution in [3.63, 3.8) is 0 Å². The number of hydrogen-bond acceptors (Lipinski definition) is 3. The van der Waals surface area contributed by atoms with Crippen LogP contribution in [0.1, 0.15) is 12.0 Å². The van der Waals surface area contributed by atoms with E-state index in [0.717, 1.165) is 30.3 Å². The Bertz CT molecular complexity index is 945. The van der Waals surface area contributed by atoms with E-state index in [1.807, 2.05) is 4.72 Å². The minimum absolute atomic E-state index is 0.290. The molecule has 0 atom stereocenters. The second kappa shape index (κ2) is 8.01. The van der Waals surface area contributed by atoms with Gasteiger partial charge >= 0.3 is 6.18 Å². The van der Waals surface area contributed by atoms with Crippen LogP contribution in [0.25, 0.3) is 0 Å². The van der Waals surface area contributed by atoms with Crippen molar-refractivity contribution in [2.75, 3.05) is 11.9 Å². The van der Waals surface area contributed by atoms with Gasteiger partial charge in [-0.2, -0.15) is 13.2 Å². The van der Waals surface area contributed by atoms with Crippen molar-refractivity contribution in [3.05, 3.63) is 59.7 Å². The topological polar surface area (TPSA) is 75.3 Å². The Morgan fingerprint density at radius 2 is 1.74 bits per heavy atom. The fraction of sp³-hybridized carbons (Fsp3) is 0.188. The third-order valence-corrected chi connectivity index (χ3v) is 4.78. The summed E-state index contributed by atoms with van der Waals surface area (Å²) in [5, 5.41) is 2.13. The summed E-state index contributed by atoms with van der Waals surface area (Å²) in [5.41, 5.74) is -1.42. The first-order valence-electron chi connectivity index (χ1n) is 7.41. The van der Waals surface area contributed by atoms with Gasteiger partial charge in [0, 0.05) is 19.0 Å². The first kappa shape index (κ1) is 20.8. The zero-order valence-electron chi connectivity index (χ0n) is 13.5. The van der Waals surface area contributed by atoms with E-state index in [9.17, 15) is 35.2 Å². The number of amides is 1. The molecule has 0 bridgehead atoms. The Balaban J connectivity index is 1.96. The highest BCUT2D eigenvalue weighted by atomic mass is 32.2. The van der Waals surface area contributed by atoms with Crippen molar-refractivity contribution in [2.24, 2.45) is 0 Å². The van der Waals surface area contributed by atoms with Crippen LogP contribution in [0.5, 0.6) is 0 Å². The Kier molecular flexibility index (Phi) is 6.16. The number of sulfonamides is 1. The highest BCUT2D eigenvalue weighted by Crippen LogP contribution is 2.30. The van der Waals surface area contributed by atoms with Crippen molar-refractivity contribution >= 4 is 21.6 Å². The molecule has 0 spiro atoms. The molecular formula is C16H13F5N2O3S. The van der Waals surface area contributed by atoms with Gasteiger partial charge in [-0.05, 0) is 30.3 Å². The highest BCUT2D eigenvalue weighted by Gasteiger charge is 2.31. The molecule has 0 heterocycles. The van der Waals surface area contributed by atoms with E-state index < -0.39 is 57.2 Å². The van der Waals surface area contributed by atoms with Crippen LogP contribution in [0.3, 0.4) is 0 Å². The van der Waals surface area contributed by atoms with Crippen molar-refractivity contribution in [3.8, 4) is 0 Å². The second-order valence-corrected chi connectivity index (χ2v) is 7.11. The van der Waals surface area contributed by atoms with Crippen LogP contribution in [-0.4, -0.2) is 20.9 Å². The van der Waals surface area contributed by atoms with Gasteiger partial charge in [-0.3, -0.25) is 4.79 Å². The summed E-state index contributed by atoms with van der Waals surface area (Å²) in [4.78, 5) is 11.1. The molecule has 2 rings (SSSR count). The molecule has 0 saturated carbocycles. The summed E-state index contributed by atoms with van der Waals surface area (Å²) in [6, 6.07) is 5.60. The Labute approximate surface area is 151 Å². The van der Waals surface area contributed by atoms with Crippen LogP contribution in [0, 0.1) is 11.6 Å². The molecular weight excluding hydrogens is 395 g/mol. The summed E-state index contributed by atoms with van der Waals surface area (Å²) in [6.45, 7) is -0.437. The molecule has 0 aliphatic heterocycles. The van der Waals surface area contributed by atoms with Crippen molar-refractivity contribution in [1.82, 2.24) is 4.72 Å². The predicted molar refractivity (Wildman–Crippen MR) is 86.2 cm³/mol. The predicted octanol–water partition coefficient (Wildman–Crippen LogP) is 3.29. The van der Waals surface area contributed by atoms with E-state index in [-0.39, 0.29) is 5.69 Å². The summed E-state index contributed by atoms with van der Waals surface area (Å²) in [7, 11) is -4.28. The molecule has 146 valence electrons. The molecule has 5 nitrogen and oxygen atoms in total. The van der Waals surface area contributed by atoms with Crippen molar-refractivity contribution in [1.29, 1.82) is 0 Å². The maximum absolute atomic E-state index is 13.4. The van der Waals surface area contributed by atoms with Crippen LogP contribution in [0.2, 0.25) is 0 Å². The number of benzene rings is 2. The van der Waals surface area contributed by atoms with Gasteiger partial charge in [-0.15, -0.1) is 0 Å². The van der Waals surface area contributed by atoms with Crippen LogP contribution < -0.4 is 10.0 Å². The highest BCUT2D eigenvalue weighted by molar-refractivity contribution is 7.89. The number of hydrogen-bond donors (Lipinski definition) is 2. The number of alkyl halides is 3. The molecule has 0 aromatic heterocycles. The van der Waals surface area contributed by atoms with E-state index in [1.54, 1.807) is 0 Å². The quantitative estimate of drug-likeness (QED) is 0.721. The van der Waals surface area contributed by atoms with Crippen LogP contribution in [0.4, 0.5) is 27.6 Å². The van der Waals surface area contributed by atoms with Gasteiger partial charge in [0.05, 0.1) is 16.1 Å². The second-order valence-electron chi connectivity index (χ2n) is 5.35. The first-order valence-corrected chi connectivity index (χ1v) is 8.89. The lowest BCUT2D eigenvalue weighted by molar-refractivity contribution is -0.137. The van der Waals surface area contributed by atoms with Gasteiger partial charge in [0.15, 0.2) is 0 Å². The zero-order valence-corrected chi connectivity index (χ0v) is 14.3. The molecule has 2 N–H and O–H groups in total. The van der Waals surface area contributed by atoms with Crippen LogP contribution in [-0.2, 0) is 21.0 Å². The summed E-state index contributed by atoms with van der Waals surface area (Å²) in [6.07, 6.45) is -5.13. The fourth-order valence-electron chi connectivity index (χ4n) is 2.03. The fourth-order valence-corrected chi connectivity index (χ4v) is 3.10. The van der Waals surface area contributed by atoms with Gasteiger partial charge in [0.2, 0.25) is 15.9 Å². The number of halogens is 5. The van der Waals surface area contributed by atoms with Crippen molar-refractivity contribution in [2.45, 2.75) is 17.5 Å². The molecule has 27 heavy (non-hydrogen) atoms. The summed E-state index contributed by atoms with van der Waals surface area (Å²) in [5.74, 6) is -2.61. The first-order chi connectivity index (χ1) is 12.5. The third kappa shape index (κ3) is 5.73. The van der Waals surface area contributed by atoms with Gasteiger partial charge in [-0.25, -0.2) is 21.9 Å². The third-order valence-electron chi connectivity index (χ3n) is 3.32. The zero-order chi connectivity index (χ0) is 20.2. The minimum atomic E-state index is -4.70. The monoisotopic (exact) mass is 408 g/mol. The van der Waals surface area contributed by atoms with Gasteiger partial charge in [0.25, 0.3) is 0 Å². The average Bonchev–Trinajstić information content (AvgIpc) is 2.56. The smallest absolute Gasteiger partial charge is 0.324 e. The Morgan fingerprint density at radius 1 is 1.04 bits per heavy atom. The summed E-state index contributed by atoms with van der Waals surface area (Å²) >= 11 is 0. The molecule has 11 heteroatoms. The Morgan fingerprint density at radius 3 is 2.37 bits per heavy atom. The average molecular weight is 408 g/mol. The van der Waals surface area contributed by atoms with Gasteiger partial charge in [0.1, 0.15) is 11.6 Å². The molecule has 2 aromatic carbocycles. The Hall–Kier alpha value is -2.53. The number of anilines is 1. The van der Waals surface area contributed by atoms with E-state index in [4.69, 9.17) is 0 Å². The molecule has 0 aliphatic rings. The molecule has 1 amide bonds. The van der Waals surface area contributed by atoms with E-state index >= 15 is 0 Å². The normalized spacial score (nSPS) is 12.0. The maximum Gasteiger partial charge on any atom is 0.416 e. The molecule has 0 unspecified atom stereocenters.